The van der Waals surface area contributed by atoms with Crippen molar-refractivity contribution in [3.05, 3.63) is 4.91 Å². The van der Waals surface area contributed by atoms with Gasteiger partial charge >= 0.3 is 0 Å². The number of hydrogen-bond donors (Lipinski definition) is 8. The van der Waals surface area contributed by atoms with Gasteiger partial charge in [0.05, 0.1) is 18.8 Å². The fourth-order valence-corrected chi connectivity index (χ4v) is 3.70. The van der Waals surface area contributed by atoms with Crippen LogP contribution in [0.25, 0.3) is 0 Å². The third-order valence-corrected chi connectivity index (χ3v) is 6.15. The first-order valence-electron chi connectivity index (χ1n) is 12.4. The molecule has 39 heavy (non-hydrogen) atoms. The topological polar surface area (TPSA) is 276 Å². The first-order valence-corrected chi connectivity index (χ1v) is 12.4. The number of aliphatic hydroxyl groups is 2. The highest BCUT2D eigenvalue weighted by Crippen LogP contribution is 2.09. The molecule has 17 nitrogen and oxygen atoms in total. The van der Waals surface area contributed by atoms with Crippen molar-refractivity contribution in [2.75, 3.05) is 26.7 Å². The lowest BCUT2D eigenvalue weighted by Gasteiger charge is -2.32. The minimum Gasteiger partial charge on any atom is -0.394 e. The summed E-state index contributed by atoms with van der Waals surface area (Å²) in [7, 11) is 1.14. The van der Waals surface area contributed by atoms with Gasteiger partial charge in [-0.1, -0.05) is 5.18 Å². The Morgan fingerprint density at radius 1 is 1.15 bits per heavy atom. The monoisotopic (exact) mass is 558 g/mol. The van der Waals surface area contributed by atoms with Gasteiger partial charge in [0, 0.05) is 20.0 Å². The Labute approximate surface area is 224 Å². The highest BCUT2D eigenvalue weighted by molar-refractivity contribution is 5.96. The van der Waals surface area contributed by atoms with Crippen LogP contribution in [0.1, 0.15) is 39.0 Å². The van der Waals surface area contributed by atoms with Crippen LogP contribution in [0, 0.1) is 4.91 Å². The molecule has 0 saturated carbocycles. The van der Waals surface area contributed by atoms with E-state index in [0.29, 0.717) is 12.8 Å². The number of carbonyl (C=O) groups excluding carboxylic acids is 6. The molecule has 0 aromatic carbocycles. The zero-order valence-corrected chi connectivity index (χ0v) is 21.9. The molecule has 1 rings (SSSR count). The van der Waals surface area contributed by atoms with E-state index in [1.807, 2.05) is 0 Å². The molecule has 10 N–H and O–H groups in total. The number of rotatable bonds is 7. The quantitative estimate of drug-likeness (QED) is 0.138. The molecule has 1 saturated heterocycles. The van der Waals surface area contributed by atoms with Gasteiger partial charge in [-0.15, -0.1) is 0 Å². The fourth-order valence-electron chi connectivity index (χ4n) is 3.70. The smallest absolute Gasteiger partial charge is 0.248 e. The summed E-state index contributed by atoms with van der Waals surface area (Å²) >= 11 is 0. The first kappa shape index (κ1) is 33.3. The van der Waals surface area contributed by atoms with Crippen molar-refractivity contribution in [2.24, 2.45) is 16.6 Å². The molecule has 0 bridgehead atoms. The summed E-state index contributed by atoms with van der Waals surface area (Å²) in [5.41, 5.74) is 11.0. The summed E-state index contributed by atoms with van der Waals surface area (Å²) in [5, 5.41) is 31.7. The predicted octanol–water partition coefficient (Wildman–Crippen LogP) is -4.70. The van der Waals surface area contributed by atoms with Crippen molar-refractivity contribution < 1.29 is 39.0 Å². The number of likely N-dealkylation sites (N-methyl/N-ethyl adjacent to an activating group) is 1. The SMILES string of the molecule is CC(O)[C@@H]1NC(=O)[C@@H](N)CCC(=O)NCCCC[C@@H](C(=O)N[C@@H](CO)C(N)=O)NC(=O)[C@H](CN=O)N(C)C1=O. The zero-order valence-electron chi connectivity index (χ0n) is 21.9. The van der Waals surface area contributed by atoms with Crippen molar-refractivity contribution in [1.82, 2.24) is 26.2 Å². The van der Waals surface area contributed by atoms with Gasteiger partial charge in [0.2, 0.25) is 35.4 Å². The second-order valence-corrected chi connectivity index (χ2v) is 9.20. The largest absolute Gasteiger partial charge is 0.394 e. The van der Waals surface area contributed by atoms with Crippen LogP contribution >= 0.6 is 0 Å². The molecule has 1 aliphatic rings. The van der Waals surface area contributed by atoms with Crippen LogP contribution in [0.15, 0.2) is 5.18 Å². The minimum atomic E-state index is -1.57. The van der Waals surface area contributed by atoms with E-state index >= 15 is 0 Å². The van der Waals surface area contributed by atoms with Crippen LogP contribution in [0.5, 0.6) is 0 Å². The molecule has 1 heterocycles. The first-order chi connectivity index (χ1) is 18.3. The van der Waals surface area contributed by atoms with Gasteiger partial charge in [0.1, 0.15) is 30.7 Å². The minimum absolute atomic E-state index is 0.0144. The Morgan fingerprint density at radius 3 is 2.38 bits per heavy atom. The van der Waals surface area contributed by atoms with Gasteiger partial charge in [0.15, 0.2) is 0 Å². The summed E-state index contributed by atoms with van der Waals surface area (Å²) in [5.74, 6) is -5.01. The highest BCUT2D eigenvalue weighted by atomic mass is 16.3. The maximum atomic E-state index is 13.2. The number of nitrogens with two attached hydrogens (primary N) is 2. The third kappa shape index (κ3) is 10.5. The molecule has 1 unspecified atom stereocenters. The lowest BCUT2D eigenvalue weighted by molar-refractivity contribution is -0.144. The van der Waals surface area contributed by atoms with E-state index in [9.17, 15) is 43.9 Å². The average molecular weight is 559 g/mol. The Bertz CT molecular complexity index is 916. The molecule has 0 aliphatic carbocycles. The normalized spacial score (nSPS) is 26.1. The Hall–Kier alpha value is -3.70. The van der Waals surface area contributed by atoms with Crippen molar-refractivity contribution >= 4 is 35.4 Å². The molecular weight excluding hydrogens is 520 g/mol. The maximum absolute atomic E-state index is 13.2. The molecule has 6 amide bonds. The summed E-state index contributed by atoms with van der Waals surface area (Å²) in [6.45, 7) is -0.0959. The van der Waals surface area contributed by atoms with E-state index < -0.39 is 79.0 Å². The lowest BCUT2D eigenvalue weighted by atomic mass is 10.0. The van der Waals surface area contributed by atoms with Gasteiger partial charge in [-0.05, 0) is 32.6 Å². The number of hydrogen-bond acceptors (Lipinski definition) is 11. The van der Waals surface area contributed by atoms with E-state index in [1.54, 1.807) is 0 Å². The number of primary amides is 1. The summed E-state index contributed by atoms with van der Waals surface area (Å²) in [6, 6.07) is -7.00. The van der Waals surface area contributed by atoms with Crippen LogP contribution < -0.4 is 32.7 Å². The van der Waals surface area contributed by atoms with Gasteiger partial charge in [-0.3, -0.25) is 28.8 Å². The molecular formula is C22H38N8O9. The summed E-state index contributed by atoms with van der Waals surface area (Å²) < 4.78 is 0. The molecule has 220 valence electrons. The molecule has 1 fully saturated rings. The fraction of sp³-hybridized carbons (Fsp3) is 0.727. The molecule has 6 atom stereocenters. The number of amides is 6. The summed E-state index contributed by atoms with van der Waals surface area (Å²) in [4.78, 5) is 87.1. The molecule has 0 spiro atoms. The number of nitrogens with one attached hydrogen (secondary N) is 4. The molecule has 0 aromatic heterocycles. The number of nitrogens with zero attached hydrogens (tertiary/aromatic N) is 2. The van der Waals surface area contributed by atoms with E-state index in [-0.39, 0.29) is 31.7 Å². The third-order valence-electron chi connectivity index (χ3n) is 6.15. The standard InChI is InChI=1S/C22H38N8O9/c1-11(32)17-22(38)30(2)15(9-26-39)21(37)27-13(20(36)28-14(10-31)18(24)34)5-3-4-8-25-16(33)7-6-12(23)19(35)29-17/h11-15,17,31-32H,3-10,23H2,1-2H3,(H2,24,34)(H,25,33)(H,27,37)(H,28,36)(H,29,35)/t11?,12-,13-,14-,15-,17-/m0/s1. The van der Waals surface area contributed by atoms with Crippen LogP contribution in [-0.4, -0.2) is 114 Å². The Morgan fingerprint density at radius 2 is 1.82 bits per heavy atom. The van der Waals surface area contributed by atoms with Gasteiger partial charge in [-0.25, -0.2) is 0 Å². The van der Waals surface area contributed by atoms with Crippen molar-refractivity contribution in [2.45, 2.75) is 75.3 Å². The second kappa shape index (κ2) is 16.3. The average Bonchev–Trinajstić information content (AvgIpc) is 2.88. The molecule has 0 radical (unpaired) electrons. The van der Waals surface area contributed by atoms with Gasteiger partial charge in [-0.2, -0.15) is 4.91 Å². The van der Waals surface area contributed by atoms with Gasteiger partial charge < -0.3 is 47.8 Å². The van der Waals surface area contributed by atoms with E-state index in [1.165, 1.54) is 6.92 Å². The van der Waals surface area contributed by atoms with E-state index in [2.05, 4.69) is 26.4 Å². The zero-order chi connectivity index (χ0) is 29.7. The predicted molar refractivity (Wildman–Crippen MR) is 135 cm³/mol. The Kier molecular flexibility index (Phi) is 13.9. The van der Waals surface area contributed by atoms with Crippen LogP contribution in [-0.2, 0) is 28.8 Å². The van der Waals surface area contributed by atoms with Crippen LogP contribution in [0.3, 0.4) is 0 Å². The second-order valence-electron chi connectivity index (χ2n) is 9.20. The van der Waals surface area contributed by atoms with E-state index in [4.69, 9.17) is 11.5 Å². The van der Waals surface area contributed by atoms with Crippen molar-refractivity contribution in [1.29, 1.82) is 0 Å². The lowest BCUT2D eigenvalue weighted by Crippen LogP contribution is -2.61. The summed E-state index contributed by atoms with van der Waals surface area (Å²) in [6.07, 6.45) is -0.892. The number of nitroso groups, excluding NO2 is 1. The van der Waals surface area contributed by atoms with Crippen molar-refractivity contribution in [3.8, 4) is 0 Å². The van der Waals surface area contributed by atoms with Crippen LogP contribution in [0.2, 0.25) is 0 Å². The van der Waals surface area contributed by atoms with E-state index in [0.717, 1.165) is 11.9 Å². The number of aliphatic hydroxyl groups excluding tert-OH is 2. The molecule has 1 aliphatic heterocycles. The number of carbonyl (C=O) groups is 6. The highest BCUT2D eigenvalue weighted by Gasteiger charge is 2.37. The van der Waals surface area contributed by atoms with Crippen LogP contribution in [0.4, 0.5) is 0 Å². The maximum Gasteiger partial charge on any atom is 0.248 e. The van der Waals surface area contributed by atoms with Gasteiger partial charge in [0.25, 0.3) is 0 Å². The molecule has 0 aromatic rings. The van der Waals surface area contributed by atoms with Crippen molar-refractivity contribution in [3.63, 3.8) is 0 Å². The Balaban J connectivity index is 3.32. The molecule has 17 heteroatoms.